The Hall–Kier alpha value is 1.21. The van der Waals surface area contributed by atoms with Crippen molar-refractivity contribution in [1.82, 2.24) is 0 Å². The maximum Gasteiger partial charge on any atom is 0.394 e. The van der Waals surface area contributed by atoms with E-state index >= 15 is 0 Å². The molecule has 0 atom stereocenters. The summed E-state index contributed by atoms with van der Waals surface area (Å²) in [7, 11) is -4.67. The molecule has 0 bridgehead atoms. The van der Waals surface area contributed by atoms with E-state index in [-0.39, 0.29) is 47.2 Å². The van der Waals surface area contributed by atoms with Crippen molar-refractivity contribution in [3.63, 3.8) is 0 Å². The van der Waals surface area contributed by atoms with Crippen molar-refractivity contribution in [3.8, 4) is 0 Å². The van der Waals surface area contributed by atoms with Gasteiger partial charge in [-0.25, -0.2) is 0 Å². The Bertz CT molecular complexity index is 91.2. The van der Waals surface area contributed by atoms with Gasteiger partial charge in [-0.05, 0) is 0 Å². The fourth-order valence-electron chi connectivity index (χ4n) is 0. The smallest absolute Gasteiger partial charge is 0.394 e. The monoisotopic (exact) mass is 256 g/mol. The van der Waals surface area contributed by atoms with Crippen molar-refractivity contribution < 1.29 is 64.7 Å². The molecular weight excluding hydrogens is 252 g/mol. The quantitative estimate of drug-likeness (QED) is 0.515. The largest absolute Gasteiger partial charge is 0.412 e. The second-order valence-electron chi connectivity index (χ2n) is 0.448. The van der Waals surface area contributed by atoms with Crippen LogP contribution in [0.15, 0.2) is 0 Å². The van der Waals surface area contributed by atoms with Gasteiger partial charge in [-0.3, -0.25) is 9.11 Å². The van der Waals surface area contributed by atoms with Crippen LogP contribution >= 0.6 is 0 Å². The molecule has 4 N–H and O–H groups in total. The van der Waals surface area contributed by atoms with E-state index < -0.39 is 10.4 Å². The molecule has 0 aromatic heterocycles. The fourth-order valence-corrected chi connectivity index (χ4v) is 0. The summed E-state index contributed by atoms with van der Waals surface area (Å²) in [5, 5.41) is 0. The molecule has 0 amide bonds. The maximum absolute atomic E-state index is 8.74. The first kappa shape index (κ1) is 15.7. The van der Waals surface area contributed by atoms with Crippen molar-refractivity contribution >= 4 is 10.4 Å². The summed E-state index contributed by atoms with van der Waals surface area (Å²) in [4.78, 5) is 0. The van der Waals surface area contributed by atoms with Crippen LogP contribution in [-0.4, -0.2) is 23.0 Å². The van der Waals surface area contributed by atoms with Crippen LogP contribution in [0.2, 0.25) is 0 Å². The van der Waals surface area contributed by atoms with Crippen LogP contribution in [0, 0.1) is 41.7 Å². The van der Waals surface area contributed by atoms with Crippen LogP contribution < -0.4 is 0 Å². The van der Waals surface area contributed by atoms with E-state index in [0.717, 1.165) is 0 Å². The second kappa shape index (κ2) is 5.35. The molecule has 0 rings (SSSR count). The molecule has 7 heavy (non-hydrogen) atoms. The molecule has 0 radical (unpaired) electrons. The Labute approximate surface area is 74.4 Å². The first-order valence-corrected chi connectivity index (χ1v) is 2.10. The molecule has 0 aliphatic rings. The fraction of sp³-hybridized carbons (Fsp3) is 0. The third-order valence-corrected chi connectivity index (χ3v) is 0. The zero-order valence-corrected chi connectivity index (χ0v) is 7.08. The van der Waals surface area contributed by atoms with E-state index in [1.165, 1.54) is 0 Å². The van der Waals surface area contributed by atoms with Crippen LogP contribution in [0.4, 0.5) is 0 Å². The van der Waals surface area contributed by atoms with Gasteiger partial charge in [0.05, 0.1) is 0 Å². The average molecular weight is 256 g/mol. The van der Waals surface area contributed by atoms with Gasteiger partial charge < -0.3 is 5.48 Å². The van der Waals surface area contributed by atoms with Crippen molar-refractivity contribution in [2.24, 2.45) is 0 Å². The summed E-state index contributed by atoms with van der Waals surface area (Å²) in [5.74, 6) is 0. The summed E-state index contributed by atoms with van der Waals surface area (Å²) in [6, 6.07) is 0. The SMILES string of the molecule is O.O=S(=O)(O)O.[Ce]. The van der Waals surface area contributed by atoms with Crippen LogP contribution in [0.25, 0.3) is 0 Å². The molecule has 0 aromatic rings. The average Bonchev–Trinajstić information content (AvgIpc) is 0.722. The molecule has 44 valence electrons. The topological polar surface area (TPSA) is 106 Å². The number of hydrogen-bond donors (Lipinski definition) is 2. The summed E-state index contributed by atoms with van der Waals surface area (Å²) in [6.45, 7) is 0. The predicted octanol–water partition coefficient (Wildman–Crippen LogP) is -1.48. The Morgan fingerprint density at radius 2 is 1.14 bits per heavy atom. The summed E-state index contributed by atoms with van der Waals surface area (Å²) < 4.78 is 31.6. The predicted molar refractivity (Wildman–Crippen MR) is 17.8 cm³/mol. The van der Waals surface area contributed by atoms with Crippen molar-refractivity contribution in [1.29, 1.82) is 0 Å². The standard InChI is InChI=1S/Ce.H2O4S.H2O/c;1-5(2,3)4;/h;(H2,1,2,3,4);1H2. The van der Waals surface area contributed by atoms with Crippen LogP contribution in [0.5, 0.6) is 0 Å². The first-order valence-electron chi connectivity index (χ1n) is 0.698. The van der Waals surface area contributed by atoms with Crippen molar-refractivity contribution in [2.45, 2.75) is 0 Å². The molecule has 5 nitrogen and oxygen atoms in total. The molecular formula is H4CeO5S. The van der Waals surface area contributed by atoms with Gasteiger partial charge in [-0.15, -0.1) is 0 Å². The van der Waals surface area contributed by atoms with E-state index in [2.05, 4.69) is 0 Å². The van der Waals surface area contributed by atoms with E-state index in [1.807, 2.05) is 0 Å². The first-order chi connectivity index (χ1) is 2.00. The minimum atomic E-state index is -4.67. The molecule has 0 saturated heterocycles. The molecule has 7 heteroatoms. The van der Waals surface area contributed by atoms with Gasteiger partial charge in [0.1, 0.15) is 0 Å². The molecule has 0 spiro atoms. The minimum absolute atomic E-state index is 0. The van der Waals surface area contributed by atoms with E-state index in [9.17, 15) is 0 Å². The van der Waals surface area contributed by atoms with Gasteiger partial charge in [0.2, 0.25) is 0 Å². The Morgan fingerprint density at radius 1 is 1.14 bits per heavy atom. The van der Waals surface area contributed by atoms with Gasteiger partial charge in [0.25, 0.3) is 0 Å². The number of rotatable bonds is 0. The second-order valence-corrected chi connectivity index (χ2v) is 1.34. The Kier molecular flexibility index (Phi) is 12.0. The van der Waals surface area contributed by atoms with E-state index in [4.69, 9.17) is 17.5 Å². The zero-order chi connectivity index (χ0) is 4.50. The molecule has 0 heterocycles. The minimum Gasteiger partial charge on any atom is -0.412 e. The molecule has 0 unspecified atom stereocenters. The third kappa shape index (κ3) is 134. The van der Waals surface area contributed by atoms with Gasteiger partial charge in [0.15, 0.2) is 0 Å². The van der Waals surface area contributed by atoms with E-state index in [1.54, 1.807) is 0 Å². The molecule has 0 fully saturated rings. The Balaban J connectivity index is -0.0000000800. The maximum atomic E-state index is 8.74. The number of hydrogen-bond acceptors (Lipinski definition) is 2. The molecule has 0 saturated carbocycles. The van der Waals surface area contributed by atoms with Gasteiger partial charge >= 0.3 is 10.4 Å². The van der Waals surface area contributed by atoms with E-state index in [0.29, 0.717) is 0 Å². The zero-order valence-electron chi connectivity index (χ0n) is 3.12. The summed E-state index contributed by atoms with van der Waals surface area (Å²) in [6.07, 6.45) is 0. The van der Waals surface area contributed by atoms with Crippen LogP contribution in [0.3, 0.4) is 0 Å². The Morgan fingerprint density at radius 3 is 1.14 bits per heavy atom. The molecule has 0 aromatic carbocycles. The van der Waals surface area contributed by atoms with Crippen LogP contribution in [-0.2, 0) is 10.4 Å². The third-order valence-electron chi connectivity index (χ3n) is 0. The normalized spacial score (nSPS) is 8.29. The molecule has 0 aliphatic carbocycles. The van der Waals surface area contributed by atoms with Gasteiger partial charge in [-0.1, -0.05) is 0 Å². The van der Waals surface area contributed by atoms with Crippen molar-refractivity contribution in [2.75, 3.05) is 0 Å². The summed E-state index contributed by atoms with van der Waals surface area (Å²) in [5.41, 5.74) is 0. The van der Waals surface area contributed by atoms with Gasteiger partial charge in [0, 0.05) is 41.7 Å². The van der Waals surface area contributed by atoms with Crippen LogP contribution in [0.1, 0.15) is 0 Å². The summed E-state index contributed by atoms with van der Waals surface area (Å²) >= 11 is 0. The molecule has 0 aliphatic heterocycles. The van der Waals surface area contributed by atoms with Crippen molar-refractivity contribution in [3.05, 3.63) is 0 Å². The van der Waals surface area contributed by atoms with Gasteiger partial charge in [-0.2, -0.15) is 8.42 Å².